The lowest BCUT2D eigenvalue weighted by atomic mass is 10.1. The lowest BCUT2D eigenvalue weighted by Crippen LogP contribution is -2.53. The molecule has 0 aliphatic carbocycles. The first-order chi connectivity index (χ1) is 10.8. The number of aryl methyl sites for hydroxylation is 1. The zero-order valence-corrected chi connectivity index (χ0v) is 14.6. The molecule has 0 spiro atoms. The van der Waals surface area contributed by atoms with Gasteiger partial charge in [0.05, 0.1) is 24.0 Å². The van der Waals surface area contributed by atoms with E-state index in [1.807, 2.05) is 26.4 Å². The number of urea groups is 1. The number of nitrogens with one attached hydrogen (secondary N) is 1. The van der Waals surface area contributed by atoms with Crippen molar-refractivity contribution in [3.63, 3.8) is 0 Å². The fourth-order valence-corrected chi connectivity index (χ4v) is 2.96. The van der Waals surface area contributed by atoms with Crippen molar-refractivity contribution in [1.82, 2.24) is 20.0 Å². The van der Waals surface area contributed by atoms with E-state index in [-0.39, 0.29) is 12.1 Å². The summed E-state index contributed by atoms with van der Waals surface area (Å²) in [6.07, 6.45) is 5.87. The van der Waals surface area contributed by atoms with Crippen molar-refractivity contribution in [2.24, 2.45) is 7.05 Å². The second kappa shape index (κ2) is 7.21. The van der Waals surface area contributed by atoms with Crippen LogP contribution in [0.5, 0.6) is 0 Å². The van der Waals surface area contributed by atoms with E-state index in [1.165, 1.54) is 0 Å². The highest BCUT2D eigenvalue weighted by molar-refractivity contribution is 5.74. The van der Waals surface area contributed by atoms with Crippen LogP contribution in [-0.4, -0.2) is 63.6 Å². The summed E-state index contributed by atoms with van der Waals surface area (Å²) >= 11 is 0. The van der Waals surface area contributed by atoms with Crippen molar-refractivity contribution >= 4 is 11.7 Å². The average Bonchev–Trinajstić information content (AvgIpc) is 2.90. The van der Waals surface area contributed by atoms with Crippen molar-refractivity contribution in [1.29, 1.82) is 0 Å². The van der Waals surface area contributed by atoms with Gasteiger partial charge in [-0.3, -0.25) is 4.68 Å². The van der Waals surface area contributed by atoms with Crippen LogP contribution in [0.25, 0.3) is 0 Å². The molecule has 0 aromatic carbocycles. The number of hydrogen-bond donors (Lipinski definition) is 2. The molecule has 1 aromatic heterocycles. The second-order valence-electron chi connectivity index (χ2n) is 6.93. The minimum Gasteiger partial charge on any atom is -0.389 e. The van der Waals surface area contributed by atoms with E-state index in [4.69, 9.17) is 0 Å². The van der Waals surface area contributed by atoms with Gasteiger partial charge in [0, 0.05) is 38.9 Å². The third-order valence-electron chi connectivity index (χ3n) is 4.05. The molecule has 1 saturated heterocycles. The SMILES string of the molecule is CCN(CC(C)(C)O)C(=O)NC1CCCN(c2cnn(C)c2)C1. The summed E-state index contributed by atoms with van der Waals surface area (Å²) in [5, 5.41) is 17.2. The monoisotopic (exact) mass is 323 g/mol. The predicted octanol–water partition coefficient (Wildman–Crippen LogP) is 1.19. The molecule has 1 aliphatic rings. The van der Waals surface area contributed by atoms with E-state index >= 15 is 0 Å². The minimum absolute atomic E-state index is 0.104. The maximum Gasteiger partial charge on any atom is 0.317 e. The van der Waals surface area contributed by atoms with E-state index in [9.17, 15) is 9.90 Å². The molecule has 7 heteroatoms. The molecule has 1 fully saturated rings. The Labute approximate surface area is 138 Å². The van der Waals surface area contributed by atoms with Gasteiger partial charge in [-0.1, -0.05) is 0 Å². The van der Waals surface area contributed by atoms with Crippen molar-refractivity contribution < 1.29 is 9.90 Å². The van der Waals surface area contributed by atoms with Crippen LogP contribution in [0.2, 0.25) is 0 Å². The van der Waals surface area contributed by atoms with E-state index in [2.05, 4.69) is 15.3 Å². The quantitative estimate of drug-likeness (QED) is 0.854. The van der Waals surface area contributed by atoms with E-state index < -0.39 is 5.60 Å². The second-order valence-corrected chi connectivity index (χ2v) is 6.93. The molecule has 1 atom stereocenters. The van der Waals surface area contributed by atoms with Gasteiger partial charge in [0.25, 0.3) is 0 Å². The zero-order chi connectivity index (χ0) is 17.0. The molecule has 1 aromatic rings. The minimum atomic E-state index is -0.887. The molecular weight excluding hydrogens is 294 g/mol. The standard InChI is InChI=1S/C16H29N5O2/c1-5-20(12-16(2,3)23)15(22)18-13-7-6-8-21(10-13)14-9-17-19(4)11-14/h9,11,13,23H,5-8,10,12H2,1-4H3,(H,18,22). The molecule has 23 heavy (non-hydrogen) atoms. The number of carbonyl (C=O) groups excluding carboxylic acids is 1. The number of anilines is 1. The topological polar surface area (TPSA) is 73.6 Å². The Bertz CT molecular complexity index is 523. The fourth-order valence-electron chi connectivity index (χ4n) is 2.96. The molecule has 0 saturated carbocycles. The number of rotatable bonds is 5. The van der Waals surface area contributed by atoms with Crippen LogP contribution in [0, 0.1) is 0 Å². The van der Waals surface area contributed by atoms with Crippen LogP contribution in [0.15, 0.2) is 12.4 Å². The molecule has 2 amide bonds. The van der Waals surface area contributed by atoms with E-state index in [0.29, 0.717) is 13.1 Å². The molecule has 1 aliphatic heterocycles. The lowest BCUT2D eigenvalue weighted by Gasteiger charge is -2.35. The van der Waals surface area contributed by atoms with Crippen molar-refractivity contribution in [3.8, 4) is 0 Å². The van der Waals surface area contributed by atoms with Crippen LogP contribution in [0.3, 0.4) is 0 Å². The van der Waals surface area contributed by atoms with Crippen LogP contribution < -0.4 is 10.2 Å². The number of hydrogen-bond acceptors (Lipinski definition) is 4. The molecule has 2 heterocycles. The average molecular weight is 323 g/mol. The van der Waals surface area contributed by atoms with E-state index in [1.54, 1.807) is 23.4 Å². The van der Waals surface area contributed by atoms with Crippen LogP contribution in [-0.2, 0) is 7.05 Å². The summed E-state index contributed by atoms with van der Waals surface area (Å²) in [7, 11) is 1.91. The molecule has 0 radical (unpaired) electrons. The maximum atomic E-state index is 12.4. The third kappa shape index (κ3) is 5.13. The van der Waals surface area contributed by atoms with Gasteiger partial charge in [0.1, 0.15) is 0 Å². The number of carbonyl (C=O) groups is 1. The highest BCUT2D eigenvalue weighted by Crippen LogP contribution is 2.19. The van der Waals surface area contributed by atoms with Crippen LogP contribution in [0.1, 0.15) is 33.6 Å². The molecule has 2 N–H and O–H groups in total. The smallest absolute Gasteiger partial charge is 0.317 e. The highest BCUT2D eigenvalue weighted by Gasteiger charge is 2.26. The number of likely N-dealkylation sites (N-methyl/N-ethyl adjacent to an activating group) is 1. The zero-order valence-electron chi connectivity index (χ0n) is 14.6. The summed E-state index contributed by atoms with van der Waals surface area (Å²) in [6, 6.07) is 0.0139. The maximum absolute atomic E-state index is 12.4. The molecule has 1 unspecified atom stereocenters. The first kappa shape index (κ1) is 17.6. The normalized spacial score (nSPS) is 18.8. The largest absolute Gasteiger partial charge is 0.389 e. The first-order valence-corrected chi connectivity index (χ1v) is 8.30. The summed E-state index contributed by atoms with van der Waals surface area (Å²) in [5.41, 5.74) is 0.206. The molecule has 2 rings (SSSR count). The Balaban J connectivity index is 1.92. The van der Waals surface area contributed by atoms with Gasteiger partial charge >= 0.3 is 6.03 Å². The Morgan fingerprint density at radius 3 is 2.87 bits per heavy atom. The van der Waals surface area contributed by atoms with Crippen molar-refractivity contribution in [2.75, 3.05) is 31.1 Å². The summed E-state index contributed by atoms with van der Waals surface area (Å²) in [5.74, 6) is 0. The molecular formula is C16H29N5O2. The number of piperidine rings is 1. The lowest BCUT2D eigenvalue weighted by molar-refractivity contribution is 0.0475. The van der Waals surface area contributed by atoms with Gasteiger partial charge < -0.3 is 20.2 Å². The van der Waals surface area contributed by atoms with Gasteiger partial charge in [-0.05, 0) is 33.6 Å². The third-order valence-corrected chi connectivity index (χ3v) is 4.05. The molecule has 7 nitrogen and oxygen atoms in total. The number of nitrogens with zero attached hydrogens (tertiary/aromatic N) is 4. The highest BCUT2D eigenvalue weighted by atomic mass is 16.3. The first-order valence-electron chi connectivity index (χ1n) is 8.30. The Morgan fingerprint density at radius 2 is 2.30 bits per heavy atom. The number of aliphatic hydroxyl groups is 1. The Hall–Kier alpha value is -1.76. The van der Waals surface area contributed by atoms with Crippen molar-refractivity contribution in [3.05, 3.63) is 12.4 Å². The van der Waals surface area contributed by atoms with Gasteiger partial charge in [0.15, 0.2) is 0 Å². The van der Waals surface area contributed by atoms with Gasteiger partial charge in [-0.15, -0.1) is 0 Å². The van der Waals surface area contributed by atoms with Crippen LogP contribution in [0.4, 0.5) is 10.5 Å². The number of amides is 2. The Kier molecular flexibility index (Phi) is 5.51. The van der Waals surface area contributed by atoms with Gasteiger partial charge in [-0.2, -0.15) is 5.10 Å². The summed E-state index contributed by atoms with van der Waals surface area (Å²) < 4.78 is 1.79. The molecule has 130 valence electrons. The fraction of sp³-hybridized carbons (Fsp3) is 0.750. The summed E-state index contributed by atoms with van der Waals surface area (Å²) in [4.78, 5) is 16.3. The van der Waals surface area contributed by atoms with Gasteiger partial charge in [-0.25, -0.2) is 4.79 Å². The molecule has 0 bridgehead atoms. The predicted molar refractivity (Wildman–Crippen MR) is 90.5 cm³/mol. The van der Waals surface area contributed by atoms with Gasteiger partial charge in [0.2, 0.25) is 0 Å². The number of aromatic nitrogens is 2. The Morgan fingerprint density at radius 1 is 1.57 bits per heavy atom. The van der Waals surface area contributed by atoms with E-state index in [0.717, 1.165) is 31.6 Å². The summed E-state index contributed by atoms with van der Waals surface area (Å²) in [6.45, 7) is 8.04. The van der Waals surface area contributed by atoms with Crippen LogP contribution >= 0.6 is 0 Å². The van der Waals surface area contributed by atoms with Crippen molar-refractivity contribution in [2.45, 2.75) is 45.3 Å².